The Balaban J connectivity index is 2.06. The second kappa shape index (κ2) is 5.57. The average molecular weight is 254 g/mol. The lowest BCUT2D eigenvalue weighted by Gasteiger charge is -2.26. The lowest BCUT2D eigenvalue weighted by Crippen LogP contribution is -2.44. The van der Waals surface area contributed by atoms with Crippen molar-refractivity contribution >= 4 is 5.91 Å². The van der Waals surface area contributed by atoms with Crippen LogP contribution in [0, 0.1) is 0 Å². The summed E-state index contributed by atoms with van der Waals surface area (Å²) in [6, 6.07) is 0. The number of nitrogens with zero attached hydrogens (tertiary/aromatic N) is 1. The minimum Gasteiger partial charge on any atom is -0.377 e. The molecule has 0 bridgehead atoms. The molecule has 104 valence electrons. The van der Waals surface area contributed by atoms with Crippen molar-refractivity contribution in [1.29, 1.82) is 0 Å². The number of hydrogen-bond donors (Lipinski definition) is 1. The van der Waals surface area contributed by atoms with Crippen molar-refractivity contribution in [1.82, 2.24) is 10.2 Å². The van der Waals surface area contributed by atoms with Crippen LogP contribution in [-0.2, 0) is 9.53 Å². The van der Waals surface area contributed by atoms with Gasteiger partial charge < -0.3 is 9.64 Å². The molecule has 18 heavy (non-hydrogen) atoms. The Hall–Kier alpha value is -0.610. The van der Waals surface area contributed by atoms with Crippen LogP contribution in [0.5, 0.6) is 0 Å². The van der Waals surface area contributed by atoms with Crippen molar-refractivity contribution in [3.8, 4) is 0 Å². The molecule has 0 aromatic heterocycles. The Morgan fingerprint density at radius 1 is 1.44 bits per heavy atom. The summed E-state index contributed by atoms with van der Waals surface area (Å²) in [5.74, 6) is 0.304. The van der Waals surface area contributed by atoms with E-state index in [1.165, 1.54) is 12.8 Å². The van der Waals surface area contributed by atoms with Gasteiger partial charge >= 0.3 is 0 Å². The highest BCUT2D eigenvalue weighted by Gasteiger charge is 2.51. The minimum absolute atomic E-state index is 0.117. The quantitative estimate of drug-likeness (QED) is 0.814. The summed E-state index contributed by atoms with van der Waals surface area (Å²) in [5.41, 5.74) is -0.243. The van der Waals surface area contributed by atoms with Gasteiger partial charge in [0.2, 0.25) is 5.91 Å². The predicted molar refractivity (Wildman–Crippen MR) is 71.2 cm³/mol. The zero-order valence-corrected chi connectivity index (χ0v) is 11.9. The molecule has 2 rings (SSSR count). The minimum atomic E-state index is -0.243. The molecule has 1 heterocycles. The van der Waals surface area contributed by atoms with Gasteiger partial charge in [-0.15, -0.1) is 0 Å². The van der Waals surface area contributed by atoms with Gasteiger partial charge in [0.05, 0.1) is 17.8 Å². The molecule has 0 radical (unpaired) electrons. The van der Waals surface area contributed by atoms with Crippen molar-refractivity contribution in [3.05, 3.63) is 0 Å². The summed E-state index contributed by atoms with van der Waals surface area (Å²) in [7, 11) is 0. The van der Waals surface area contributed by atoms with Crippen molar-refractivity contribution in [3.63, 3.8) is 0 Å². The van der Waals surface area contributed by atoms with Gasteiger partial charge in [-0.05, 0) is 33.1 Å². The van der Waals surface area contributed by atoms with Crippen LogP contribution in [-0.4, -0.2) is 41.8 Å². The fraction of sp³-hybridized carbons (Fsp3) is 0.929. The van der Waals surface area contributed by atoms with Crippen LogP contribution in [0.15, 0.2) is 0 Å². The molecule has 1 amide bonds. The highest BCUT2D eigenvalue weighted by Crippen LogP contribution is 2.37. The first kappa shape index (κ1) is 13.8. The second-order valence-electron chi connectivity index (χ2n) is 5.58. The highest BCUT2D eigenvalue weighted by atomic mass is 16.5. The summed E-state index contributed by atoms with van der Waals surface area (Å²) in [4.78, 5) is 14.7. The average Bonchev–Trinajstić information content (AvgIpc) is 2.91. The van der Waals surface area contributed by atoms with Gasteiger partial charge in [0.25, 0.3) is 0 Å². The monoisotopic (exact) mass is 254 g/mol. The van der Waals surface area contributed by atoms with Gasteiger partial charge in [-0.3, -0.25) is 10.1 Å². The van der Waals surface area contributed by atoms with Gasteiger partial charge in [0.1, 0.15) is 0 Å². The number of ether oxygens (including phenoxy) is 1. The Morgan fingerprint density at radius 3 is 2.67 bits per heavy atom. The van der Waals surface area contributed by atoms with Crippen molar-refractivity contribution in [2.45, 2.75) is 70.7 Å². The maximum Gasteiger partial charge on any atom is 0.244 e. The second-order valence-corrected chi connectivity index (χ2v) is 5.58. The molecule has 1 N–H and O–H groups in total. The molecule has 2 unspecified atom stereocenters. The topological polar surface area (TPSA) is 41.6 Å². The molecule has 4 heteroatoms. The van der Waals surface area contributed by atoms with Crippen LogP contribution in [0.1, 0.15) is 52.9 Å². The van der Waals surface area contributed by atoms with Crippen LogP contribution >= 0.6 is 0 Å². The number of amides is 1. The molecule has 1 aliphatic carbocycles. The zero-order chi connectivity index (χ0) is 13.2. The standard InChI is InChI=1S/C14H26N2O2/c1-4-12-15-14(8-6-7-9-14)13(17)16(12)10-11(3)18-5-2/h11-12,15H,4-10H2,1-3H3. The SMILES string of the molecule is CCOC(C)CN1C(=O)C2(CCCC2)NC1CC. The van der Waals surface area contributed by atoms with E-state index >= 15 is 0 Å². The van der Waals surface area contributed by atoms with Gasteiger partial charge in [0.15, 0.2) is 0 Å². The molecular formula is C14H26N2O2. The maximum absolute atomic E-state index is 12.6. The van der Waals surface area contributed by atoms with Crippen LogP contribution in [0.4, 0.5) is 0 Å². The van der Waals surface area contributed by atoms with Crippen LogP contribution in [0.25, 0.3) is 0 Å². The number of rotatable bonds is 5. The summed E-state index contributed by atoms with van der Waals surface area (Å²) in [6.07, 6.45) is 5.62. The summed E-state index contributed by atoms with van der Waals surface area (Å²) in [6.45, 7) is 7.59. The number of carbonyl (C=O) groups excluding carboxylic acids is 1. The smallest absolute Gasteiger partial charge is 0.244 e. The van der Waals surface area contributed by atoms with E-state index in [1.54, 1.807) is 0 Å². The number of nitrogens with one attached hydrogen (secondary N) is 1. The zero-order valence-electron chi connectivity index (χ0n) is 11.9. The molecule has 0 aromatic carbocycles. The number of carbonyl (C=O) groups is 1. The lowest BCUT2D eigenvalue weighted by atomic mass is 9.98. The van der Waals surface area contributed by atoms with Crippen molar-refractivity contribution in [2.75, 3.05) is 13.2 Å². The first-order valence-corrected chi connectivity index (χ1v) is 7.33. The molecule has 0 aromatic rings. The summed E-state index contributed by atoms with van der Waals surface area (Å²) in [5, 5.41) is 3.58. The Bertz CT molecular complexity index is 300. The molecule has 2 fully saturated rings. The highest BCUT2D eigenvalue weighted by molar-refractivity contribution is 5.89. The van der Waals surface area contributed by atoms with Crippen molar-refractivity contribution in [2.24, 2.45) is 0 Å². The molecule has 4 nitrogen and oxygen atoms in total. The fourth-order valence-corrected chi connectivity index (χ4v) is 3.36. The largest absolute Gasteiger partial charge is 0.377 e. The third-order valence-electron chi connectivity index (χ3n) is 4.24. The van der Waals surface area contributed by atoms with E-state index in [1.807, 2.05) is 18.7 Å². The third kappa shape index (κ3) is 2.41. The molecule has 1 aliphatic heterocycles. The van der Waals surface area contributed by atoms with E-state index in [9.17, 15) is 4.79 Å². The molecule has 1 saturated heterocycles. The predicted octanol–water partition coefficient (Wildman–Crippen LogP) is 1.89. The van der Waals surface area contributed by atoms with Gasteiger partial charge in [0, 0.05) is 13.2 Å². The Morgan fingerprint density at radius 2 is 2.11 bits per heavy atom. The van der Waals surface area contributed by atoms with Gasteiger partial charge in [-0.1, -0.05) is 19.8 Å². The summed E-state index contributed by atoms with van der Waals surface area (Å²) >= 11 is 0. The van der Waals surface area contributed by atoms with E-state index < -0.39 is 0 Å². The lowest BCUT2D eigenvalue weighted by molar-refractivity contribution is -0.134. The first-order chi connectivity index (χ1) is 8.63. The van der Waals surface area contributed by atoms with E-state index in [0.29, 0.717) is 19.1 Å². The Kier molecular flexibility index (Phi) is 4.28. The van der Waals surface area contributed by atoms with E-state index in [4.69, 9.17) is 4.74 Å². The molecule has 2 aliphatic rings. The van der Waals surface area contributed by atoms with Gasteiger partial charge in [-0.25, -0.2) is 0 Å². The Labute approximate surface area is 110 Å². The molecule has 2 atom stereocenters. The third-order valence-corrected chi connectivity index (χ3v) is 4.24. The van der Waals surface area contributed by atoms with E-state index in [-0.39, 0.29) is 17.8 Å². The van der Waals surface area contributed by atoms with E-state index in [0.717, 1.165) is 19.3 Å². The van der Waals surface area contributed by atoms with Crippen molar-refractivity contribution < 1.29 is 9.53 Å². The van der Waals surface area contributed by atoms with Crippen LogP contribution in [0.3, 0.4) is 0 Å². The first-order valence-electron chi connectivity index (χ1n) is 7.33. The molecular weight excluding hydrogens is 228 g/mol. The van der Waals surface area contributed by atoms with Gasteiger partial charge in [-0.2, -0.15) is 0 Å². The molecule has 1 spiro atoms. The van der Waals surface area contributed by atoms with Crippen LogP contribution < -0.4 is 5.32 Å². The number of hydrogen-bond acceptors (Lipinski definition) is 3. The molecule has 1 saturated carbocycles. The maximum atomic E-state index is 12.6. The van der Waals surface area contributed by atoms with E-state index in [2.05, 4.69) is 12.2 Å². The normalized spacial score (nSPS) is 28.3. The van der Waals surface area contributed by atoms with Crippen LogP contribution in [0.2, 0.25) is 0 Å². The summed E-state index contributed by atoms with van der Waals surface area (Å²) < 4.78 is 5.57. The fourth-order valence-electron chi connectivity index (χ4n) is 3.36.